The first-order valence-electron chi connectivity index (χ1n) is 9.30. The third-order valence-electron chi connectivity index (χ3n) is 4.41. The molecule has 24 heavy (non-hydrogen) atoms. The predicted octanol–water partition coefficient (Wildman–Crippen LogP) is 2.77. The molecule has 0 unspecified atom stereocenters. The van der Waals surface area contributed by atoms with Crippen LogP contribution in [0.25, 0.3) is 0 Å². The Kier molecular flexibility index (Phi) is 13.5. The Morgan fingerprint density at radius 2 is 1.58 bits per heavy atom. The number of nitrogens with one attached hydrogen (secondary N) is 2. The molecule has 0 fully saturated rings. The second-order valence-corrected chi connectivity index (χ2v) is 6.89. The number of carbonyl (C=O) groups excluding carboxylic acids is 2. The molecule has 0 radical (unpaired) electrons. The van der Waals surface area contributed by atoms with Crippen molar-refractivity contribution in [1.29, 1.82) is 0 Å². The molecule has 2 amide bonds. The molecule has 4 N–H and O–H groups in total. The summed E-state index contributed by atoms with van der Waals surface area (Å²) >= 11 is 0. The van der Waals surface area contributed by atoms with Gasteiger partial charge in [-0.3, -0.25) is 14.8 Å². The quantitative estimate of drug-likeness (QED) is 0.221. The van der Waals surface area contributed by atoms with E-state index in [0.29, 0.717) is 6.42 Å². The molecule has 142 valence electrons. The fraction of sp³-hybridized carbons (Fsp3) is 0.889. The summed E-state index contributed by atoms with van der Waals surface area (Å²) in [5, 5.41) is 20.9. The van der Waals surface area contributed by atoms with Gasteiger partial charge in [0, 0.05) is 12.3 Å². The van der Waals surface area contributed by atoms with E-state index in [9.17, 15) is 14.7 Å². The summed E-state index contributed by atoms with van der Waals surface area (Å²) in [6.07, 6.45) is 8.60. The summed E-state index contributed by atoms with van der Waals surface area (Å²) in [6, 6.07) is -0.314. The van der Waals surface area contributed by atoms with Gasteiger partial charge in [-0.1, -0.05) is 65.7 Å². The molecule has 0 spiro atoms. The van der Waals surface area contributed by atoms with Crippen LogP contribution in [0, 0.1) is 11.8 Å². The molecular weight excluding hydrogens is 308 g/mol. The van der Waals surface area contributed by atoms with Crippen LogP contribution < -0.4 is 10.8 Å². The van der Waals surface area contributed by atoms with E-state index in [-0.39, 0.29) is 30.9 Å². The average molecular weight is 344 g/mol. The van der Waals surface area contributed by atoms with E-state index >= 15 is 0 Å². The second-order valence-electron chi connectivity index (χ2n) is 6.89. The van der Waals surface area contributed by atoms with E-state index < -0.39 is 11.8 Å². The lowest BCUT2D eigenvalue weighted by molar-refractivity contribution is -0.135. The Morgan fingerprint density at radius 3 is 2.08 bits per heavy atom. The third-order valence-corrected chi connectivity index (χ3v) is 4.41. The molecule has 0 rings (SSSR count). The predicted molar refractivity (Wildman–Crippen MR) is 94.5 cm³/mol. The van der Waals surface area contributed by atoms with Crippen molar-refractivity contribution < 1.29 is 19.9 Å². The Balaban J connectivity index is 4.36. The normalized spacial score (nSPS) is 13.6. The lowest BCUT2D eigenvalue weighted by Gasteiger charge is -2.23. The van der Waals surface area contributed by atoms with Gasteiger partial charge in [0.25, 0.3) is 0 Å². The molecule has 0 aliphatic rings. The topological polar surface area (TPSA) is 98.7 Å². The van der Waals surface area contributed by atoms with E-state index in [2.05, 4.69) is 12.2 Å². The second kappa shape index (κ2) is 14.2. The van der Waals surface area contributed by atoms with Crippen LogP contribution in [0.2, 0.25) is 0 Å². The molecule has 0 aromatic rings. The highest BCUT2D eigenvalue weighted by Gasteiger charge is 2.24. The van der Waals surface area contributed by atoms with Gasteiger partial charge in [-0.2, -0.15) is 0 Å². The Labute approximate surface area is 146 Å². The van der Waals surface area contributed by atoms with E-state index in [4.69, 9.17) is 5.21 Å². The third kappa shape index (κ3) is 10.6. The summed E-state index contributed by atoms with van der Waals surface area (Å²) in [7, 11) is 0. The van der Waals surface area contributed by atoms with Crippen LogP contribution in [0.5, 0.6) is 0 Å². The number of unbranched alkanes of at least 4 members (excludes halogenated alkanes) is 6. The summed E-state index contributed by atoms with van der Waals surface area (Å²) in [4.78, 5) is 23.8. The summed E-state index contributed by atoms with van der Waals surface area (Å²) in [6.45, 7) is 5.91. The van der Waals surface area contributed by atoms with Crippen LogP contribution in [-0.4, -0.2) is 34.8 Å². The zero-order valence-electron chi connectivity index (χ0n) is 15.5. The van der Waals surface area contributed by atoms with Gasteiger partial charge < -0.3 is 10.4 Å². The van der Waals surface area contributed by atoms with Gasteiger partial charge in [0.2, 0.25) is 11.8 Å². The number of hydrogen-bond donors (Lipinski definition) is 4. The molecule has 2 atom stereocenters. The van der Waals surface area contributed by atoms with Crippen molar-refractivity contribution >= 4 is 11.8 Å². The van der Waals surface area contributed by atoms with Crippen LogP contribution in [0.1, 0.15) is 78.6 Å². The smallest absolute Gasteiger partial charge is 0.244 e. The van der Waals surface area contributed by atoms with Gasteiger partial charge in [-0.15, -0.1) is 0 Å². The van der Waals surface area contributed by atoms with Gasteiger partial charge in [-0.25, -0.2) is 5.48 Å². The maximum atomic E-state index is 12.4. The minimum Gasteiger partial charge on any atom is -0.394 e. The zero-order valence-corrected chi connectivity index (χ0v) is 15.5. The fourth-order valence-electron chi connectivity index (χ4n) is 2.67. The van der Waals surface area contributed by atoms with Crippen molar-refractivity contribution in [3.05, 3.63) is 0 Å². The van der Waals surface area contributed by atoms with Gasteiger partial charge in [0.15, 0.2) is 0 Å². The van der Waals surface area contributed by atoms with Crippen molar-refractivity contribution in [2.24, 2.45) is 11.8 Å². The lowest BCUT2D eigenvalue weighted by atomic mass is 9.94. The molecule has 0 aliphatic heterocycles. The number of rotatable bonds is 14. The average Bonchev–Trinajstić information content (AvgIpc) is 2.56. The summed E-state index contributed by atoms with van der Waals surface area (Å²) in [5.74, 6) is -1.13. The molecule has 6 heteroatoms. The van der Waals surface area contributed by atoms with Gasteiger partial charge in [0.05, 0.1) is 12.6 Å². The van der Waals surface area contributed by atoms with E-state index in [0.717, 1.165) is 19.3 Å². The fourth-order valence-corrected chi connectivity index (χ4v) is 2.67. The maximum Gasteiger partial charge on any atom is 0.244 e. The Morgan fingerprint density at radius 1 is 1.00 bits per heavy atom. The van der Waals surface area contributed by atoms with Crippen LogP contribution in [0.3, 0.4) is 0 Å². The standard InChI is InChI=1S/C18H36N2O4/c1-4-5-6-7-8-9-10-11-15(12-17(22)20-24)18(23)19-16(13-21)14(2)3/h14-16,21,24H,4-13H2,1-3H3,(H,19,23)(H,20,22)/t15-,16-/m1/s1. The van der Waals surface area contributed by atoms with Crippen LogP contribution in [-0.2, 0) is 9.59 Å². The zero-order chi connectivity index (χ0) is 18.4. The first-order chi connectivity index (χ1) is 11.5. The number of hydrogen-bond acceptors (Lipinski definition) is 4. The molecule has 0 saturated heterocycles. The van der Waals surface area contributed by atoms with Crippen molar-refractivity contribution in [2.75, 3.05) is 6.61 Å². The first kappa shape index (κ1) is 22.9. The SMILES string of the molecule is CCCCCCCCC[C@H](CC(=O)NO)C(=O)N[C@H](CO)C(C)C. The van der Waals surface area contributed by atoms with E-state index in [1.54, 1.807) is 5.48 Å². The Bertz CT molecular complexity index is 348. The highest BCUT2D eigenvalue weighted by molar-refractivity contribution is 5.85. The van der Waals surface area contributed by atoms with Crippen LogP contribution >= 0.6 is 0 Å². The van der Waals surface area contributed by atoms with Crippen molar-refractivity contribution in [3.8, 4) is 0 Å². The molecule has 6 nitrogen and oxygen atoms in total. The van der Waals surface area contributed by atoms with Crippen LogP contribution in [0.15, 0.2) is 0 Å². The van der Waals surface area contributed by atoms with Crippen molar-refractivity contribution in [1.82, 2.24) is 10.8 Å². The molecule has 0 bridgehead atoms. The molecule has 0 aromatic carbocycles. The highest BCUT2D eigenvalue weighted by Crippen LogP contribution is 2.17. The van der Waals surface area contributed by atoms with Gasteiger partial charge >= 0.3 is 0 Å². The van der Waals surface area contributed by atoms with E-state index in [1.165, 1.54) is 25.7 Å². The number of carbonyl (C=O) groups is 2. The molecular formula is C18H36N2O4. The first-order valence-corrected chi connectivity index (χ1v) is 9.30. The minimum absolute atomic E-state index is 0.0333. The minimum atomic E-state index is -0.553. The number of aliphatic hydroxyl groups excluding tert-OH is 1. The molecule has 0 heterocycles. The van der Waals surface area contributed by atoms with Crippen LogP contribution in [0.4, 0.5) is 0 Å². The number of aliphatic hydroxyl groups is 1. The van der Waals surface area contributed by atoms with E-state index in [1.807, 2.05) is 13.8 Å². The highest BCUT2D eigenvalue weighted by atomic mass is 16.5. The van der Waals surface area contributed by atoms with Crippen molar-refractivity contribution in [2.45, 2.75) is 84.6 Å². The number of amides is 2. The molecule has 0 aliphatic carbocycles. The van der Waals surface area contributed by atoms with Crippen molar-refractivity contribution in [3.63, 3.8) is 0 Å². The molecule has 0 saturated carbocycles. The molecule has 0 aromatic heterocycles. The summed E-state index contributed by atoms with van der Waals surface area (Å²) < 4.78 is 0. The number of hydroxylamine groups is 1. The monoisotopic (exact) mass is 344 g/mol. The maximum absolute atomic E-state index is 12.4. The lowest BCUT2D eigenvalue weighted by Crippen LogP contribution is -2.44. The Hall–Kier alpha value is -1.14. The van der Waals surface area contributed by atoms with Gasteiger partial charge in [0.1, 0.15) is 0 Å². The largest absolute Gasteiger partial charge is 0.394 e. The van der Waals surface area contributed by atoms with Gasteiger partial charge in [-0.05, 0) is 12.3 Å². The summed E-state index contributed by atoms with van der Waals surface area (Å²) in [5.41, 5.74) is 1.60.